The predicted octanol–water partition coefficient (Wildman–Crippen LogP) is 3.44. The topological polar surface area (TPSA) is 64.4 Å². The standard InChI is InChI=1S/C14H12ClF3N2O3/c1-8-6-12(20-23-8)22-7-11(21)19-13(14(16,17)18)9-2-4-10(15)5-3-9/h2-6,13H,7H2,1H3,(H,19,21). The number of rotatable bonds is 5. The normalized spacial score (nSPS) is 12.7. The van der Waals surface area contributed by atoms with Gasteiger partial charge in [0, 0.05) is 11.1 Å². The largest absolute Gasteiger partial charge is 0.465 e. The summed E-state index contributed by atoms with van der Waals surface area (Å²) in [5.41, 5.74) is -0.132. The van der Waals surface area contributed by atoms with E-state index in [-0.39, 0.29) is 11.4 Å². The number of halogens is 4. The molecule has 1 aromatic carbocycles. The first-order chi connectivity index (χ1) is 10.8. The van der Waals surface area contributed by atoms with Gasteiger partial charge in [0.1, 0.15) is 5.76 Å². The Hall–Kier alpha value is -2.22. The summed E-state index contributed by atoms with van der Waals surface area (Å²) in [4.78, 5) is 11.7. The van der Waals surface area contributed by atoms with E-state index in [2.05, 4.69) is 5.16 Å². The van der Waals surface area contributed by atoms with Crippen molar-refractivity contribution < 1.29 is 27.2 Å². The minimum absolute atomic E-state index is 0.0210. The molecule has 9 heteroatoms. The Morgan fingerprint density at radius 1 is 1.39 bits per heavy atom. The van der Waals surface area contributed by atoms with Crippen molar-refractivity contribution in [2.75, 3.05) is 6.61 Å². The van der Waals surface area contributed by atoms with Crippen LogP contribution in [0.15, 0.2) is 34.9 Å². The Kier molecular flexibility index (Phi) is 5.15. The van der Waals surface area contributed by atoms with Gasteiger partial charge >= 0.3 is 6.18 Å². The van der Waals surface area contributed by atoms with Gasteiger partial charge in [0.05, 0.1) is 0 Å². The number of amides is 1. The van der Waals surface area contributed by atoms with Crippen molar-refractivity contribution >= 4 is 17.5 Å². The number of nitrogens with one attached hydrogen (secondary N) is 1. The molecule has 23 heavy (non-hydrogen) atoms. The molecule has 0 bridgehead atoms. The minimum atomic E-state index is -4.66. The monoisotopic (exact) mass is 348 g/mol. The van der Waals surface area contributed by atoms with E-state index in [4.69, 9.17) is 20.9 Å². The highest BCUT2D eigenvalue weighted by molar-refractivity contribution is 6.30. The maximum Gasteiger partial charge on any atom is 0.412 e. The fraction of sp³-hybridized carbons (Fsp3) is 0.286. The molecule has 0 aliphatic heterocycles. The Balaban J connectivity index is 2.02. The van der Waals surface area contributed by atoms with Crippen molar-refractivity contribution in [3.8, 4) is 5.88 Å². The third-order valence-electron chi connectivity index (χ3n) is 2.79. The van der Waals surface area contributed by atoms with E-state index >= 15 is 0 Å². The summed E-state index contributed by atoms with van der Waals surface area (Å²) < 4.78 is 49.0. The molecule has 0 spiro atoms. The number of carbonyl (C=O) groups excluding carboxylic acids is 1. The maximum atomic E-state index is 13.1. The summed E-state index contributed by atoms with van der Waals surface area (Å²) in [6.45, 7) is 0.992. The Morgan fingerprint density at radius 3 is 2.57 bits per heavy atom. The summed E-state index contributed by atoms with van der Waals surface area (Å²) in [6.07, 6.45) is -4.66. The lowest BCUT2D eigenvalue weighted by molar-refractivity contribution is -0.164. The van der Waals surface area contributed by atoms with Gasteiger partial charge in [0.2, 0.25) is 0 Å². The van der Waals surface area contributed by atoms with E-state index in [1.54, 1.807) is 6.92 Å². The highest BCUT2D eigenvalue weighted by atomic mass is 35.5. The molecule has 2 rings (SSSR count). The third-order valence-corrected chi connectivity index (χ3v) is 3.05. The smallest absolute Gasteiger partial charge is 0.412 e. The SMILES string of the molecule is Cc1cc(OCC(=O)NC(c2ccc(Cl)cc2)C(F)(F)F)no1. The van der Waals surface area contributed by atoms with Crippen molar-refractivity contribution in [1.82, 2.24) is 10.5 Å². The second-order valence-corrected chi connectivity index (χ2v) is 5.09. The van der Waals surface area contributed by atoms with Gasteiger partial charge in [-0.1, -0.05) is 23.7 Å². The Labute approximate surface area is 134 Å². The molecule has 124 valence electrons. The van der Waals surface area contributed by atoms with Crippen molar-refractivity contribution in [2.24, 2.45) is 0 Å². The Bertz CT molecular complexity index is 671. The number of nitrogens with zero attached hydrogens (tertiary/aromatic N) is 1. The van der Waals surface area contributed by atoms with E-state index in [0.29, 0.717) is 10.8 Å². The minimum Gasteiger partial charge on any atom is -0.465 e. The summed E-state index contributed by atoms with van der Waals surface area (Å²) in [7, 11) is 0. The summed E-state index contributed by atoms with van der Waals surface area (Å²) in [6, 6.07) is 4.28. The number of aromatic nitrogens is 1. The molecule has 0 aliphatic carbocycles. The lowest BCUT2D eigenvalue weighted by Gasteiger charge is -2.22. The molecule has 0 fully saturated rings. The number of carbonyl (C=O) groups is 1. The van der Waals surface area contributed by atoms with Crippen LogP contribution in [0.1, 0.15) is 17.4 Å². The molecule has 0 saturated heterocycles. The van der Waals surface area contributed by atoms with Gasteiger partial charge in [-0.3, -0.25) is 4.79 Å². The molecule has 0 saturated carbocycles. The number of ether oxygens (including phenoxy) is 1. The number of hydrogen-bond acceptors (Lipinski definition) is 4. The van der Waals surface area contributed by atoms with E-state index in [1.807, 2.05) is 5.32 Å². The first kappa shape index (κ1) is 17.1. The zero-order chi connectivity index (χ0) is 17.0. The quantitative estimate of drug-likeness (QED) is 0.899. The highest BCUT2D eigenvalue weighted by Crippen LogP contribution is 2.33. The van der Waals surface area contributed by atoms with Crippen LogP contribution in [0.5, 0.6) is 5.88 Å². The van der Waals surface area contributed by atoms with Gasteiger partial charge < -0.3 is 14.6 Å². The molecule has 1 unspecified atom stereocenters. The molecule has 1 aromatic heterocycles. The highest BCUT2D eigenvalue weighted by Gasteiger charge is 2.41. The number of hydrogen-bond donors (Lipinski definition) is 1. The zero-order valence-corrected chi connectivity index (χ0v) is 12.6. The van der Waals surface area contributed by atoms with Crippen LogP contribution in [-0.4, -0.2) is 23.8 Å². The van der Waals surface area contributed by atoms with Crippen LogP contribution < -0.4 is 10.1 Å². The fourth-order valence-corrected chi connectivity index (χ4v) is 1.89. The molecule has 1 amide bonds. The summed E-state index contributed by atoms with van der Waals surface area (Å²) in [5.74, 6) is -0.467. The van der Waals surface area contributed by atoms with E-state index in [1.165, 1.54) is 30.3 Å². The van der Waals surface area contributed by atoms with Crippen LogP contribution >= 0.6 is 11.6 Å². The summed E-state index contributed by atoms with van der Waals surface area (Å²) >= 11 is 5.65. The molecule has 1 heterocycles. The average molecular weight is 349 g/mol. The molecule has 5 nitrogen and oxygen atoms in total. The zero-order valence-electron chi connectivity index (χ0n) is 11.9. The van der Waals surface area contributed by atoms with Gasteiger partial charge in [-0.05, 0) is 29.8 Å². The average Bonchev–Trinajstić information content (AvgIpc) is 2.88. The van der Waals surface area contributed by atoms with Gasteiger partial charge in [-0.2, -0.15) is 13.2 Å². The first-order valence-electron chi connectivity index (χ1n) is 6.43. The number of aryl methyl sites for hydroxylation is 1. The molecule has 0 radical (unpaired) electrons. The van der Waals surface area contributed by atoms with Crippen LogP contribution in [0, 0.1) is 6.92 Å². The van der Waals surface area contributed by atoms with Crippen molar-refractivity contribution in [2.45, 2.75) is 19.1 Å². The van der Waals surface area contributed by atoms with E-state index < -0.39 is 24.7 Å². The second-order valence-electron chi connectivity index (χ2n) is 4.66. The van der Waals surface area contributed by atoms with Gasteiger partial charge in [0.25, 0.3) is 11.8 Å². The van der Waals surface area contributed by atoms with Crippen molar-refractivity contribution in [1.29, 1.82) is 0 Å². The van der Waals surface area contributed by atoms with Crippen LogP contribution in [0.3, 0.4) is 0 Å². The fourth-order valence-electron chi connectivity index (χ4n) is 1.76. The lowest BCUT2D eigenvalue weighted by atomic mass is 10.1. The van der Waals surface area contributed by atoms with Crippen molar-refractivity contribution in [3.05, 3.63) is 46.7 Å². The van der Waals surface area contributed by atoms with Crippen LogP contribution in [-0.2, 0) is 4.79 Å². The second kappa shape index (κ2) is 6.91. The van der Waals surface area contributed by atoms with Crippen LogP contribution in [0.4, 0.5) is 13.2 Å². The molecular weight excluding hydrogens is 337 g/mol. The van der Waals surface area contributed by atoms with Crippen LogP contribution in [0.25, 0.3) is 0 Å². The third kappa shape index (κ3) is 4.88. The molecule has 2 aromatic rings. The van der Waals surface area contributed by atoms with Crippen molar-refractivity contribution in [3.63, 3.8) is 0 Å². The molecular formula is C14H12ClF3N2O3. The first-order valence-corrected chi connectivity index (χ1v) is 6.81. The van der Waals surface area contributed by atoms with Gasteiger partial charge in [-0.25, -0.2) is 0 Å². The Morgan fingerprint density at radius 2 is 2.04 bits per heavy atom. The number of alkyl halides is 3. The molecule has 0 aliphatic rings. The summed E-state index contributed by atoms with van der Waals surface area (Å²) in [5, 5.41) is 5.65. The van der Waals surface area contributed by atoms with Gasteiger partial charge in [-0.15, -0.1) is 0 Å². The van der Waals surface area contributed by atoms with E-state index in [9.17, 15) is 18.0 Å². The lowest BCUT2D eigenvalue weighted by Crippen LogP contribution is -2.40. The molecule has 1 atom stereocenters. The molecule has 1 N–H and O–H groups in total. The predicted molar refractivity (Wildman–Crippen MR) is 75.1 cm³/mol. The van der Waals surface area contributed by atoms with E-state index in [0.717, 1.165) is 0 Å². The maximum absolute atomic E-state index is 13.1. The van der Waals surface area contributed by atoms with Crippen LogP contribution in [0.2, 0.25) is 5.02 Å². The number of benzene rings is 1. The van der Waals surface area contributed by atoms with Gasteiger partial charge in [0.15, 0.2) is 12.6 Å².